The van der Waals surface area contributed by atoms with Crippen LogP contribution in [-0.4, -0.2) is 88.2 Å². The number of nitrogens with two attached hydrogens (primary N) is 2. The highest BCUT2D eigenvalue weighted by Gasteiger charge is 2.39. The molecule has 12 nitrogen and oxygen atoms in total. The van der Waals surface area contributed by atoms with Crippen LogP contribution in [0.5, 0.6) is 0 Å². The number of benzene rings is 3. The molecule has 1 fully saturated rings. The number of hydrogen-bond donors (Lipinski definition) is 6. The summed E-state index contributed by atoms with van der Waals surface area (Å²) in [6, 6.07) is 21.6. The zero-order valence-corrected chi connectivity index (χ0v) is 30.1. The number of fused-ring (bicyclic) bond motifs is 1. The lowest BCUT2D eigenvalue weighted by Crippen LogP contribution is -2.59. The summed E-state index contributed by atoms with van der Waals surface area (Å²) in [6.07, 6.45) is 5.59. The van der Waals surface area contributed by atoms with E-state index in [-0.39, 0.29) is 19.3 Å². The molecular weight excluding hydrogens is 679 g/mol. The second kappa shape index (κ2) is 18.4. The van der Waals surface area contributed by atoms with Crippen LogP contribution in [0.2, 0.25) is 0 Å². The minimum atomic E-state index is -1.04. The summed E-state index contributed by atoms with van der Waals surface area (Å²) in [7, 11) is 0. The van der Waals surface area contributed by atoms with E-state index in [2.05, 4.69) is 20.9 Å². The third-order valence-corrected chi connectivity index (χ3v) is 10.0. The monoisotopic (exact) mass is 725 g/mol. The van der Waals surface area contributed by atoms with Crippen LogP contribution in [0.15, 0.2) is 91.1 Å². The van der Waals surface area contributed by atoms with Gasteiger partial charge in [-0.2, -0.15) is 11.8 Å². The lowest BCUT2D eigenvalue weighted by Gasteiger charge is -2.30. The first-order valence-corrected chi connectivity index (χ1v) is 18.9. The molecule has 8 N–H and O–H groups in total. The van der Waals surface area contributed by atoms with Gasteiger partial charge in [-0.25, -0.2) is 0 Å². The van der Waals surface area contributed by atoms with E-state index in [1.54, 1.807) is 0 Å². The molecule has 5 atom stereocenters. The van der Waals surface area contributed by atoms with Crippen molar-refractivity contribution in [1.82, 2.24) is 25.8 Å². The summed E-state index contributed by atoms with van der Waals surface area (Å²) in [6.45, 7) is 0.293. The van der Waals surface area contributed by atoms with Gasteiger partial charge in [0.25, 0.3) is 0 Å². The van der Waals surface area contributed by atoms with Crippen LogP contribution in [-0.2, 0) is 43.2 Å². The summed E-state index contributed by atoms with van der Waals surface area (Å²) in [5, 5.41) is 9.42. The Morgan fingerprint density at radius 2 is 1.44 bits per heavy atom. The van der Waals surface area contributed by atoms with Crippen molar-refractivity contribution >= 4 is 52.2 Å². The van der Waals surface area contributed by atoms with Crippen LogP contribution in [0, 0.1) is 0 Å². The number of carbonyl (C=O) groups excluding carboxylic acids is 5. The van der Waals surface area contributed by atoms with Crippen molar-refractivity contribution in [2.45, 2.75) is 68.7 Å². The molecule has 3 aromatic carbocycles. The van der Waals surface area contributed by atoms with Gasteiger partial charge in [-0.1, -0.05) is 78.9 Å². The number of aromatic amines is 1. The molecule has 5 rings (SSSR count). The van der Waals surface area contributed by atoms with Crippen molar-refractivity contribution in [3.8, 4) is 0 Å². The number of aromatic nitrogens is 1. The zero-order chi connectivity index (χ0) is 37.0. The molecule has 5 amide bonds. The van der Waals surface area contributed by atoms with E-state index >= 15 is 0 Å². The minimum absolute atomic E-state index is 0.158. The maximum Gasteiger partial charge on any atom is 0.246 e. The maximum atomic E-state index is 14.4. The Morgan fingerprint density at radius 3 is 2.12 bits per heavy atom. The van der Waals surface area contributed by atoms with Crippen LogP contribution in [0.4, 0.5) is 0 Å². The van der Waals surface area contributed by atoms with Crippen molar-refractivity contribution in [3.05, 3.63) is 108 Å². The van der Waals surface area contributed by atoms with Crippen LogP contribution < -0.4 is 27.4 Å². The van der Waals surface area contributed by atoms with Crippen LogP contribution >= 0.6 is 11.8 Å². The normalized spacial score (nSPS) is 16.4. The van der Waals surface area contributed by atoms with Gasteiger partial charge in [0.1, 0.15) is 24.2 Å². The standard InChI is InChI=1S/C39H47N7O5S/c1-52-20-18-31(35(41)47)43-37(49)32(22-26-13-6-3-7-14-26)44-38(50)34-17-10-19-46(34)39(51)33(23-27-24-42-30-16-9-8-15-28(27)30)45-36(48)29(40)21-25-11-4-2-5-12-25/h2-9,11-16,24,29,31-34,42H,10,17-23,40H2,1H3,(H2,41,47)(H,43,49)(H,44,50)(H,45,48)/t29-,31-,32-,33-,34-/m0/s1. The number of likely N-dealkylation sites (tertiary alicyclic amines) is 1. The Balaban J connectivity index is 1.35. The first-order chi connectivity index (χ1) is 25.1. The summed E-state index contributed by atoms with van der Waals surface area (Å²) < 4.78 is 0. The second-order valence-corrected chi connectivity index (χ2v) is 14.1. The van der Waals surface area contributed by atoms with Gasteiger partial charge in [0.15, 0.2) is 0 Å². The second-order valence-electron chi connectivity index (χ2n) is 13.1. The number of nitrogens with zero attached hydrogens (tertiary/aromatic N) is 1. The molecule has 274 valence electrons. The molecule has 1 aromatic heterocycles. The Hall–Kier alpha value is -5.14. The lowest BCUT2D eigenvalue weighted by atomic mass is 10.0. The van der Waals surface area contributed by atoms with Crippen molar-refractivity contribution in [1.29, 1.82) is 0 Å². The van der Waals surface area contributed by atoms with Crippen molar-refractivity contribution in [2.24, 2.45) is 11.5 Å². The number of para-hydroxylation sites is 1. The van der Waals surface area contributed by atoms with E-state index in [0.717, 1.165) is 27.6 Å². The van der Waals surface area contributed by atoms with Gasteiger partial charge in [-0.3, -0.25) is 24.0 Å². The molecule has 0 bridgehead atoms. The maximum absolute atomic E-state index is 14.4. The fourth-order valence-corrected chi connectivity index (χ4v) is 7.06. The molecule has 4 aromatic rings. The quantitative estimate of drug-likeness (QED) is 0.0961. The topological polar surface area (TPSA) is 193 Å². The third kappa shape index (κ3) is 10.0. The summed E-state index contributed by atoms with van der Waals surface area (Å²) >= 11 is 1.52. The molecule has 1 aliphatic heterocycles. The van der Waals surface area contributed by atoms with Gasteiger partial charge >= 0.3 is 0 Å². The summed E-state index contributed by atoms with van der Waals surface area (Å²) in [4.78, 5) is 72.4. The van der Waals surface area contributed by atoms with Gasteiger partial charge in [-0.05, 0) is 60.4 Å². The molecule has 0 radical (unpaired) electrons. The van der Waals surface area contributed by atoms with Crippen molar-refractivity contribution in [2.75, 3.05) is 18.6 Å². The molecule has 1 aliphatic rings. The SMILES string of the molecule is CSCC[C@H](NC(=O)[C@H](Cc1ccccc1)NC(=O)[C@@H]1CCCN1C(=O)[C@H](Cc1c[nH]c2ccccc12)NC(=O)[C@@H](N)Cc1ccccc1)C(N)=O. The van der Waals surface area contributed by atoms with E-state index < -0.39 is 59.7 Å². The van der Waals surface area contributed by atoms with E-state index in [0.29, 0.717) is 31.6 Å². The highest BCUT2D eigenvalue weighted by atomic mass is 32.2. The number of thioether (sulfide) groups is 1. The first-order valence-electron chi connectivity index (χ1n) is 17.5. The van der Waals surface area contributed by atoms with Crippen molar-refractivity contribution in [3.63, 3.8) is 0 Å². The molecule has 2 heterocycles. The van der Waals surface area contributed by atoms with E-state index in [1.807, 2.05) is 97.4 Å². The molecule has 0 aliphatic carbocycles. The first kappa shape index (κ1) is 38.1. The minimum Gasteiger partial charge on any atom is -0.368 e. The fraction of sp³-hybridized carbons (Fsp3) is 0.359. The zero-order valence-electron chi connectivity index (χ0n) is 29.3. The summed E-state index contributed by atoms with van der Waals surface area (Å²) in [5.41, 5.74) is 15.4. The predicted octanol–water partition coefficient (Wildman–Crippen LogP) is 2.21. The number of amides is 5. The van der Waals surface area contributed by atoms with Gasteiger partial charge in [0.05, 0.1) is 6.04 Å². The molecule has 0 unspecified atom stereocenters. The Bertz CT molecular complexity index is 1840. The molecule has 0 saturated carbocycles. The average Bonchev–Trinajstić information content (AvgIpc) is 3.81. The number of H-pyrrole nitrogens is 1. The highest BCUT2D eigenvalue weighted by Crippen LogP contribution is 2.23. The van der Waals surface area contributed by atoms with Gasteiger partial charge < -0.3 is 37.3 Å². The number of nitrogens with one attached hydrogen (secondary N) is 4. The highest BCUT2D eigenvalue weighted by molar-refractivity contribution is 7.98. The average molecular weight is 726 g/mol. The summed E-state index contributed by atoms with van der Waals surface area (Å²) in [5.74, 6) is -2.00. The van der Waals surface area contributed by atoms with Crippen molar-refractivity contribution < 1.29 is 24.0 Å². The molecule has 52 heavy (non-hydrogen) atoms. The van der Waals surface area contributed by atoms with E-state index in [4.69, 9.17) is 11.5 Å². The molecule has 0 spiro atoms. The largest absolute Gasteiger partial charge is 0.368 e. The Kier molecular flexibility index (Phi) is 13.5. The van der Waals surface area contributed by atoms with Gasteiger partial charge in [0.2, 0.25) is 29.5 Å². The molecular formula is C39H47N7O5S. The van der Waals surface area contributed by atoms with E-state index in [9.17, 15) is 24.0 Å². The smallest absolute Gasteiger partial charge is 0.246 e. The van der Waals surface area contributed by atoms with Crippen LogP contribution in [0.1, 0.15) is 36.0 Å². The predicted molar refractivity (Wildman–Crippen MR) is 203 cm³/mol. The van der Waals surface area contributed by atoms with Gasteiger partial charge in [0, 0.05) is 36.5 Å². The number of carbonyl (C=O) groups is 5. The Morgan fingerprint density at radius 1 is 0.808 bits per heavy atom. The fourth-order valence-electron chi connectivity index (χ4n) is 6.58. The molecule has 13 heteroatoms. The number of rotatable bonds is 17. The van der Waals surface area contributed by atoms with Crippen LogP contribution in [0.3, 0.4) is 0 Å². The molecule has 1 saturated heterocycles. The van der Waals surface area contributed by atoms with E-state index in [1.165, 1.54) is 16.7 Å². The number of hydrogen-bond acceptors (Lipinski definition) is 7. The van der Waals surface area contributed by atoms with Crippen LogP contribution in [0.25, 0.3) is 10.9 Å². The Labute approximate surface area is 307 Å². The lowest BCUT2D eigenvalue weighted by molar-refractivity contribution is -0.142. The van der Waals surface area contributed by atoms with Gasteiger partial charge in [-0.15, -0.1) is 0 Å². The number of primary amides is 1. The third-order valence-electron chi connectivity index (χ3n) is 9.37.